The number of carbonyl (C=O) groups excluding carboxylic acids is 1. The van der Waals surface area contributed by atoms with Crippen LogP contribution in [0.4, 0.5) is 0 Å². The summed E-state index contributed by atoms with van der Waals surface area (Å²) < 4.78 is 10.7. The number of hydrogen-bond donors (Lipinski definition) is 1. The highest BCUT2D eigenvalue weighted by Gasteiger charge is 2.18. The summed E-state index contributed by atoms with van der Waals surface area (Å²) in [5.41, 5.74) is 0. The van der Waals surface area contributed by atoms with Gasteiger partial charge in [0.15, 0.2) is 18.1 Å². The summed E-state index contributed by atoms with van der Waals surface area (Å²) in [4.78, 5) is 14.2. The van der Waals surface area contributed by atoms with E-state index in [2.05, 4.69) is 17.1 Å². The van der Waals surface area contributed by atoms with E-state index in [9.17, 15) is 4.79 Å². The number of likely N-dealkylation sites (tertiary alicyclic amines) is 1. The van der Waals surface area contributed by atoms with Gasteiger partial charge in [-0.3, -0.25) is 9.69 Å². The molecule has 1 saturated heterocycles. The molecule has 1 aliphatic heterocycles. The molecule has 1 N–H and O–H groups in total. The molecule has 1 unspecified atom stereocenters. The lowest BCUT2D eigenvalue weighted by molar-refractivity contribution is -0.123. The number of hydrogen-bond acceptors (Lipinski definition) is 4. The van der Waals surface area contributed by atoms with Gasteiger partial charge in [-0.2, -0.15) is 0 Å². The third-order valence-electron chi connectivity index (χ3n) is 3.79. The molecule has 21 heavy (non-hydrogen) atoms. The van der Waals surface area contributed by atoms with Crippen molar-refractivity contribution in [1.29, 1.82) is 0 Å². The van der Waals surface area contributed by atoms with Crippen molar-refractivity contribution >= 4 is 5.91 Å². The van der Waals surface area contributed by atoms with Crippen molar-refractivity contribution in [3.05, 3.63) is 24.3 Å². The lowest BCUT2D eigenvalue weighted by Crippen LogP contribution is -2.42. The first-order chi connectivity index (χ1) is 10.2. The van der Waals surface area contributed by atoms with Gasteiger partial charge in [0, 0.05) is 12.6 Å². The van der Waals surface area contributed by atoms with Crippen LogP contribution in [-0.4, -0.2) is 50.2 Å². The van der Waals surface area contributed by atoms with Crippen LogP contribution in [-0.2, 0) is 4.79 Å². The molecule has 2 rings (SSSR count). The zero-order valence-electron chi connectivity index (χ0n) is 12.8. The number of para-hydroxylation sites is 2. The Balaban J connectivity index is 1.72. The lowest BCUT2D eigenvalue weighted by Gasteiger charge is -2.23. The summed E-state index contributed by atoms with van der Waals surface area (Å²) in [5, 5.41) is 2.92. The summed E-state index contributed by atoms with van der Waals surface area (Å²) in [6.07, 6.45) is 2.52. The standard InChI is InChI=1S/C16H24N2O3/c1-13(18-9-5-6-10-18)11-17-16(19)12-21-15-8-4-3-7-14(15)20-2/h3-4,7-8,13H,5-6,9-12H2,1-2H3,(H,17,19). The van der Waals surface area contributed by atoms with Gasteiger partial charge >= 0.3 is 0 Å². The Labute approximate surface area is 126 Å². The maximum absolute atomic E-state index is 11.8. The molecular formula is C16H24N2O3. The predicted octanol–water partition coefficient (Wildman–Crippen LogP) is 1.67. The summed E-state index contributed by atoms with van der Waals surface area (Å²) in [6.45, 7) is 5.08. The lowest BCUT2D eigenvalue weighted by atomic mass is 10.3. The third kappa shape index (κ3) is 4.63. The zero-order chi connectivity index (χ0) is 15.1. The van der Waals surface area contributed by atoms with Crippen molar-refractivity contribution in [3.8, 4) is 11.5 Å². The summed E-state index contributed by atoms with van der Waals surface area (Å²) in [5.74, 6) is 1.12. The van der Waals surface area contributed by atoms with Crippen LogP contribution in [0.2, 0.25) is 0 Å². The fourth-order valence-corrected chi connectivity index (χ4v) is 2.51. The second kappa shape index (κ2) is 7.88. The van der Waals surface area contributed by atoms with Gasteiger partial charge in [-0.15, -0.1) is 0 Å². The van der Waals surface area contributed by atoms with Gasteiger partial charge in [-0.25, -0.2) is 0 Å². The molecule has 1 fully saturated rings. The molecule has 1 aromatic rings. The number of amides is 1. The predicted molar refractivity (Wildman–Crippen MR) is 81.8 cm³/mol. The van der Waals surface area contributed by atoms with E-state index < -0.39 is 0 Å². The molecule has 5 heteroatoms. The Kier molecular flexibility index (Phi) is 5.87. The van der Waals surface area contributed by atoms with Crippen molar-refractivity contribution in [1.82, 2.24) is 10.2 Å². The minimum atomic E-state index is -0.105. The normalized spacial score (nSPS) is 16.5. The van der Waals surface area contributed by atoms with E-state index in [4.69, 9.17) is 9.47 Å². The maximum atomic E-state index is 11.8. The molecule has 1 heterocycles. The molecule has 0 saturated carbocycles. The quantitative estimate of drug-likeness (QED) is 0.830. The third-order valence-corrected chi connectivity index (χ3v) is 3.79. The molecule has 1 aromatic carbocycles. The van der Waals surface area contributed by atoms with Crippen LogP contribution in [0.1, 0.15) is 19.8 Å². The van der Waals surface area contributed by atoms with Crippen LogP contribution in [0, 0.1) is 0 Å². The highest BCUT2D eigenvalue weighted by molar-refractivity contribution is 5.77. The highest BCUT2D eigenvalue weighted by Crippen LogP contribution is 2.25. The fraction of sp³-hybridized carbons (Fsp3) is 0.562. The molecule has 116 valence electrons. The summed E-state index contributed by atoms with van der Waals surface area (Å²) in [6, 6.07) is 7.69. The van der Waals surface area contributed by atoms with E-state index in [-0.39, 0.29) is 12.5 Å². The van der Waals surface area contributed by atoms with E-state index in [0.29, 0.717) is 24.1 Å². The van der Waals surface area contributed by atoms with Crippen molar-refractivity contribution in [2.75, 3.05) is 33.4 Å². The second-order valence-corrected chi connectivity index (χ2v) is 5.34. The topological polar surface area (TPSA) is 50.8 Å². The molecule has 0 bridgehead atoms. The van der Waals surface area contributed by atoms with E-state index in [0.717, 1.165) is 13.1 Å². The highest BCUT2D eigenvalue weighted by atomic mass is 16.5. The van der Waals surface area contributed by atoms with Gasteiger partial charge in [0.05, 0.1) is 7.11 Å². The SMILES string of the molecule is COc1ccccc1OCC(=O)NCC(C)N1CCCC1. The van der Waals surface area contributed by atoms with Crippen LogP contribution >= 0.6 is 0 Å². The molecule has 5 nitrogen and oxygen atoms in total. The Morgan fingerprint density at radius 1 is 1.29 bits per heavy atom. The van der Waals surface area contributed by atoms with Gasteiger partial charge in [0.2, 0.25) is 0 Å². The molecule has 0 spiro atoms. The van der Waals surface area contributed by atoms with E-state index in [1.807, 2.05) is 18.2 Å². The number of benzene rings is 1. The van der Waals surface area contributed by atoms with Crippen molar-refractivity contribution < 1.29 is 14.3 Å². The summed E-state index contributed by atoms with van der Waals surface area (Å²) in [7, 11) is 1.58. The Morgan fingerprint density at radius 2 is 1.95 bits per heavy atom. The summed E-state index contributed by atoms with van der Waals surface area (Å²) >= 11 is 0. The number of carbonyl (C=O) groups is 1. The first-order valence-electron chi connectivity index (χ1n) is 7.47. The first-order valence-corrected chi connectivity index (χ1v) is 7.47. The van der Waals surface area contributed by atoms with E-state index in [1.165, 1.54) is 12.8 Å². The van der Waals surface area contributed by atoms with Crippen molar-refractivity contribution in [2.45, 2.75) is 25.8 Å². The smallest absolute Gasteiger partial charge is 0.257 e. The van der Waals surface area contributed by atoms with Crippen LogP contribution in [0.5, 0.6) is 11.5 Å². The van der Waals surface area contributed by atoms with Gasteiger partial charge < -0.3 is 14.8 Å². The van der Waals surface area contributed by atoms with Crippen LogP contribution in [0.15, 0.2) is 24.3 Å². The van der Waals surface area contributed by atoms with Crippen LogP contribution < -0.4 is 14.8 Å². The minimum Gasteiger partial charge on any atom is -0.493 e. The van der Waals surface area contributed by atoms with Crippen LogP contribution in [0.25, 0.3) is 0 Å². The number of ether oxygens (including phenoxy) is 2. The maximum Gasteiger partial charge on any atom is 0.257 e. The van der Waals surface area contributed by atoms with Crippen molar-refractivity contribution in [2.24, 2.45) is 0 Å². The number of nitrogens with zero attached hydrogens (tertiary/aromatic N) is 1. The molecular weight excluding hydrogens is 268 g/mol. The van der Waals surface area contributed by atoms with Gasteiger partial charge in [0.1, 0.15) is 0 Å². The monoisotopic (exact) mass is 292 g/mol. The second-order valence-electron chi connectivity index (χ2n) is 5.34. The van der Waals surface area contributed by atoms with Gasteiger partial charge in [-0.05, 0) is 45.0 Å². The molecule has 0 aromatic heterocycles. The number of methoxy groups -OCH3 is 1. The molecule has 0 radical (unpaired) electrons. The molecule has 1 atom stereocenters. The Bertz CT molecular complexity index is 459. The first kappa shape index (κ1) is 15.6. The van der Waals surface area contributed by atoms with Gasteiger partial charge in [0.25, 0.3) is 5.91 Å². The number of rotatable bonds is 7. The fourth-order valence-electron chi connectivity index (χ4n) is 2.51. The van der Waals surface area contributed by atoms with E-state index in [1.54, 1.807) is 13.2 Å². The van der Waals surface area contributed by atoms with Crippen LogP contribution in [0.3, 0.4) is 0 Å². The number of nitrogens with one attached hydrogen (secondary N) is 1. The zero-order valence-corrected chi connectivity index (χ0v) is 12.8. The Morgan fingerprint density at radius 3 is 2.62 bits per heavy atom. The van der Waals surface area contributed by atoms with Gasteiger partial charge in [-0.1, -0.05) is 12.1 Å². The van der Waals surface area contributed by atoms with E-state index >= 15 is 0 Å². The molecule has 1 amide bonds. The molecule has 0 aliphatic carbocycles. The Hall–Kier alpha value is -1.75. The van der Waals surface area contributed by atoms with Crippen molar-refractivity contribution in [3.63, 3.8) is 0 Å². The molecule has 1 aliphatic rings. The average Bonchev–Trinajstić information content (AvgIpc) is 3.05. The average molecular weight is 292 g/mol. The largest absolute Gasteiger partial charge is 0.493 e. The minimum absolute atomic E-state index is 0.00704.